The van der Waals surface area contributed by atoms with E-state index in [2.05, 4.69) is 113 Å². The smallest absolute Gasteiger partial charge is 0.0487 e. The molecule has 0 saturated carbocycles. The Hall–Kier alpha value is -2.52. The molecule has 0 aromatic heterocycles. The van der Waals surface area contributed by atoms with Gasteiger partial charge in [0, 0.05) is 14.1 Å². The standard InChI is InChI=1S/C10H8.C6H6.C3H9N.3C3H8.C2H6N2.2C2H6.CH4/c1-2-6-10-8-4-3-7-9(10)5-1;1-2-4-6-5-3-1;1-3-4-2;3*1-3-2;1-3-4-2;2*1-2;/h1-8H;1-6H;4H,3H2,1-2H3;3*3H2,1-2H3;1-2H3;2*1-2H3;1H4. The molecule has 0 bridgehead atoms. The van der Waals surface area contributed by atoms with Crippen LogP contribution >= 0.6 is 0 Å². The van der Waals surface area contributed by atoms with Crippen molar-refractivity contribution in [3.8, 4) is 0 Å². The van der Waals surface area contributed by atoms with Crippen LogP contribution in [0.5, 0.6) is 0 Å². The molecule has 3 aromatic carbocycles. The summed E-state index contributed by atoms with van der Waals surface area (Å²) in [6, 6.07) is 28.7. The van der Waals surface area contributed by atoms with Crippen molar-refractivity contribution in [2.45, 2.75) is 103 Å². The van der Waals surface area contributed by atoms with E-state index >= 15 is 0 Å². The summed E-state index contributed by atoms with van der Waals surface area (Å²) in [5.74, 6) is 0. The molecule has 3 aromatic rings. The number of nitrogens with zero attached hydrogens (tertiary/aromatic N) is 2. The van der Waals surface area contributed by atoms with Crippen molar-refractivity contribution in [1.82, 2.24) is 5.32 Å². The summed E-state index contributed by atoms with van der Waals surface area (Å²) < 4.78 is 0. The Morgan fingerprint density at radius 2 is 0.632 bits per heavy atom. The fourth-order valence-corrected chi connectivity index (χ4v) is 1.52. The van der Waals surface area contributed by atoms with Gasteiger partial charge in [0.05, 0.1) is 0 Å². The maximum atomic E-state index is 3.36. The summed E-state index contributed by atoms with van der Waals surface area (Å²) in [6.07, 6.45) is 3.75. The minimum absolute atomic E-state index is 0. The number of azo groups is 1. The summed E-state index contributed by atoms with van der Waals surface area (Å²) in [7, 11) is 5.21. The molecular formula is C35H69N3. The Balaban J connectivity index is -0.0000000610. The lowest BCUT2D eigenvalue weighted by atomic mass is 10.1. The van der Waals surface area contributed by atoms with Crippen molar-refractivity contribution in [3.05, 3.63) is 84.9 Å². The molecule has 224 valence electrons. The van der Waals surface area contributed by atoms with Crippen LogP contribution in [0.2, 0.25) is 0 Å². The molecule has 0 fully saturated rings. The fourth-order valence-electron chi connectivity index (χ4n) is 1.52. The third-order valence-electron chi connectivity index (χ3n) is 2.88. The number of nitrogens with one attached hydrogen (secondary N) is 1. The molecule has 0 atom stereocenters. The Labute approximate surface area is 241 Å². The Kier molecular flexibility index (Phi) is 88.3. The van der Waals surface area contributed by atoms with Gasteiger partial charge in [0.2, 0.25) is 0 Å². The van der Waals surface area contributed by atoms with Gasteiger partial charge in [-0.15, -0.1) is 0 Å². The molecule has 0 aliphatic rings. The van der Waals surface area contributed by atoms with Gasteiger partial charge in [0.25, 0.3) is 0 Å². The summed E-state index contributed by atoms with van der Waals surface area (Å²) in [5.41, 5.74) is 0. The summed E-state index contributed by atoms with van der Waals surface area (Å²) in [4.78, 5) is 0. The Morgan fingerprint density at radius 3 is 0.737 bits per heavy atom. The zero-order valence-corrected chi connectivity index (χ0v) is 27.3. The van der Waals surface area contributed by atoms with Crippen LogP contribution in [0.3, 0.4) is 0 Å². The lowest BCUT2D eigenvalue weighted by molar-refractivity contribution is 0.864. The summed E-state index contributed by atoms with van der Waals surface area (Å²) >= 11 is 0. The second-order valence-electron chi connectivity index (χ2n) is 6.73. The quantitative estimate of drug-likeness (QED) is 0.311. The first-order valence-corrected chi connectivity index (χ1v) is 14.3. The van der Waals surface area contributed by atoms with Gasteiger partial charge in [0.15, 0.2) is 0 Å². The van der Waals surface area contributed by atoms with Crippen LogP contribution in [0.15, 0.2) is 95.2 Å². The molecule has 0 heterocycles. The van der Waals surface area contributed by atoms with Crippen molar-refractivity contribution in [1.29, 1.82) is 0 Å². The Bertz CT molecular complexity index is 580. The van der Waals surface area contributed by atoms with E-state index in [-0.39, 0.29) is 7.43 Å². The average Bonchev–Trinajstić information content (AvgIpc) is 2.98. The second kappa shape index (κ2) is 64.5. The van der Waals surface area contributed by atoms with Crippen LogP contribution in [0.25, 0.3) is 10.8 Å². The first-order chi connectivity index (χ1) is 18.0. The normalized spacial score (nSPS) is 7.42. The largest absolute Gasteiger partial charge is 0.320 e. The van der Waals surface area contributed by atoms with E-state index in [9.17, 15) is 0 Å². The van der Waals surface area contributed by atoms with Crippen molar-refractivity contribution < 1.29 is 0 Å². The van der Waals surface area contributed by atoms with Crippen molar-refractivity contribution in [2.75, 3.05) is 27.7 Å². The number of rotatable bonds is 1. The highest BCUT2D eigenvalue weighted by molar-refractivity contribution is 5.81. The highest BCUT2D eigenvalue weighted by atomic mass is 15.0. The topological polar surface area (TPSA) is 36.8 Å². The van der Waals surface area contributed by atoms with Gasteiger partial charge in [0.1, 0.15) is 0 Å². The molecule has 1 N–H and O–H groups in total. The molecule has 3 heteroatoms. The van der Waals surface area contributed by atoms with Gasteiger partial charge in [-0.1, -0.05) is 188 Å². The van der Waals surface area contributed by atoms with Gasteiger partial charge in [-0.25, -0.2) is 0 Å². The zero-order valence-electron chi connectivity index (χ0n) is 27.3. The summed E-state index contributed by atoms with van der Waals surface area (Å²) in [5, 5.41) is 12.3. The van der Waals surface area contributed by atoms with Crippen LogP contribution in [0.4, 0.5) is 0 Å². The monoisotopic (exact) mass is 532 g/mol. The van der Waals surface area contributed by atoms with Gasteiger partial charge in [-0.2, -0.15) is 10.2 Å². The molecule has 3 rings (SSSR count). The van der Waals surface area contributed by atoms with Crippen LogP contribution in [-0.4, -0.2) is 27.7 Å². The third kappa shape index (κ3) is 64.1. The lowest BCUT2D eigenvalue weighted by Gasteiger charge is -1.92. The average molecular weight is 532 g/mol. The number of benzene rings is 3. The van der Waals surface area contributed by atoms with Crippen LogP contribution < -0.4 is 5.32 Å². The molecule has 0 unspecified atom stereocenters. The lowest BCUT2D eigenvalue weighted by Crippen LogP contribution is -2.01. The maximum absolute atomic E-state index is 3.36. The van der Waals surface area contributed by atoms with E-state index < -0.39 is 0 Å². The van der Waals surface area contributed by atoms with E-state index in [1.165, 1.54) is 30.0 Å². The maximum Gasteiger partial charge on any atom is 0.0487 e. The molecule has 0 spiro atoms. The Morgan fingerprint density at radius 1 is 0.474 bits per heavy atom. The van der Waals surface area contributed by atoms with E-state index in [0.717, 1.165) is 6.54 Å². The predicted octanol–water partition coefficient (Wildman–Crippen LogP) is 12.4. The highest BCUT2D eigenvalue weighted by Crippen LogP contribution is 2.11. The molecule has 0 aliphatic heterocycles. The van der Waals surface area contributed by atoms with Gasteiger partial charge < -0.3 is 5.32 Å². The van der Waals surface area contributed by atoms with Gasteiger partial charge >= 0.3 is 0 Å². The zero-order chi connectivity index (χ0) is 30.0. The molecule has 38 heavy (non-hydrogen) atoms. The predicted molar refractivity (Wildman–Crippen MR) is 184 cm³/mol. The SMILES string of the molecule is C.CC.CC.CCC.CCC.CCC.CCNC.CN=NC.c1ccc2ccccc2c1.c1ccccc1. The van der Waals surface area contributed by atoms with E-state index in [0.29, 0.717) is 0 Å². The van der Waals surface area contributed by atoms with E-state index in [1.807, 2.05) is 71.1 Å². The van der Waals surface area contributed by atoms with Crippen LogP contribution in [0, 0.1) is 0 Å². The first-order valence-electron chi connectivity index (χ1n) is 14.3. The van der Waals surface area contributed by atoms with E-state index in [1.54, 1.807) is 14.1 Å². The number of hydrogen-bond acceptors (Lipinski definition) is 3. The number of fused-ring (bicyclic) bond motifs is 1. The highest BCUT2D eigenvalue weighted by Gasteiger charge is 1.85. The molecule has 0 aliphatic carbocycles. The molecule has 0 saturated heterocycles. The first kappa shape index (κ1) is 52.0. The minimum Gasteiger partial charge on any atom is -0.320 e. The van der Waals surface area contributed by atoms with Crippen molar-refractivity contribution >= 4 is 10.8 Å². The van der Waals surface area contributed by atoms with Gasteiger partial charge in [-0.3, -0.25) is 0 Å². The van der Waals surface area contributed by atoms with Crippen LogP contribution in [0.1, 0.15) is 103 Å². The minimum atomic E-state index is 0. The molecule has 3 nitrogen and oxygen atoms in total. The fraction of sp³-hybridized carbons (Fsp3) is 0.543. The third-order valence-corrected chi connectivity index (χ3v) is 2.88. The van der Waals surface area contributed by atoms with Crippen molar-refractivity contribution in [3.63, 3.8) is 0 Å². The summed E-state index contributed by atoms with van der Waals surface area (Å²) in [6.45, 7) is 23.9. The molecule has 0 amide bonds. The molecular weight excluding hydrogens is 462 g/mol. The van der Waals surface area contributed by atoms with Crippen molar-refractivity contribution in [2.24, 2.45) is 10.2 Å². The molecule has 0 radical (unpaired) electrons. The van der Waals surface area contributed by atoms with Gasteiger partial charge in [-0.05, 0) is 24.4 Å². The van der Waals surface area contributed by atoms with Crippen LogP contribution in [-0.2, 0) is 0 Å². The second-order valence-corrected chi connectivity index (χ2v) is 6.73. The van der Waals surface area contributed by atoms with E-state index in [4.69, 9.17) is 0 Å². The number of hydrogen-bond donors (Lipinski definition) is 1.